The first kappa shape index (κ1) is 18.2. The quantitative estimate of drug-likeness (QED) is 0.902. The fourth-order valence-corrected chi connectivity index (χ4v) is 4.31. The smallest absolute Gasteiger partial charge is 0.273 e. The molecule has 1 saturated carbocycles. The third-order valence-corrected chi connectivity index (χ3v) is 5.98. The van der Waals surface area contributed by atoms with Gasteiger partial charge in [0.25, 0.3) is 5.91 Å². The van der Waals surface area contributed by atoms with Gasteiger partial charge in [-0.05, 0) is 44.7 Å². The molecule has 0 atom stereocenters. The maximum absolute atomic E-state index is 12.6. The summed E-state index contributed by atoms with van der Waals surface area (Å²) < 4.78 is 1.65. The Morgan fingerprint density at radius 2 is 1.74 bits per heavy atom. The zero-order valence-electron chi connectivity index (χ0n) is 16.1. The number of hydrogen-bond acceptors (Lipinski definition) is 4. The van der Waals surface area contributed by atoms with Gasteiger partial charge in [0.05, 0.1) is 11.9 Å². The van der Waals surface area contributed by atoms with Crippen molar-refractivity contribution in [2.75, 3.05) is 13.1 Å². The molecule has 27 heavy (non-hydrogen) atoms. The third kappa shape index (κ3) is 4.38. The van der Waals surface area contributed by atoms with Gasteiger partial charge < -0.3 is 10.2 Å². The number of benzene rings is 1. The Morgan fingerprint density at radius 3 is 2.44 bits per heavy atom. The number of hydrogen-bond donors (Lipinski definition) is 1. The average molecular weight is 367 g/mol. The SMILES string of the molecule is Cc1ccc(-n2cc(C(=O)NC3CCN(C4CCCCC4)CC3)nn2)cc1. The summed E-state index contributed by atoms with van der Waals surface area (Å²) in [5.41, 5.74) is 2.48. The Kier molecular flexibility index (Phi) is 5.53. The summed E-state index contributed by atoms with van der Waals surface area (Å²) in [6.07, 6.45) is 10.6. The van der Waals surface area contributed by atoms with Crippen LogP contribution in [0.25, 0.3) is 5.69 Å². The van der Waals surface area contributed by atoms with Crippen molar-refractivity contribution in [2.45, 2.75) is 64.0 Å². The van der Waals surface area contributed by atoms with Crippen LogP contribution in [0.1, 0.15) is 61.0 Å². The van der Waals surface area contributed by atoms with Crippen LogP contribution in [0.4, 0.5) is 0 Å². The molecule has 2 aliphatic rings. The molecule has 144 valence electrons. The molecule has 0 bridgehead atoms. The minimum absolute atomic E-state index is 0.121. The van der Waals surface area contributed by atoms with E-state index in [4.69, 9.17) is 0 Å². The first-order chi connectivity index (χ1) is 13.2. The van der Waals surface area contributed by atoms with E-state index in [1.807, 2.05) is 31.2 Å². The van der Waals surface area contributed by atoms with E-state index in [0.717, 1.165) is 37.7 Å². The van der Waals surface area contributed by atoms with Crippen LogP contribution in [0.5, 0.6) is 0 Å². The van der Waals surface area contributed by atoms with Crippen molar-refractivity contribution in [1.82, 2.24) is 25.2 Å². The summed E-state index contributed by atoms with van der Waals surface area (Å²) in [6.45, 7) is 4.22. The van der Waals surface area contributed by atoms with Gasteiger partial charge in [0.15, 0.2) is 5.69 Å². The standard InChI is InChI=1S/C21H29N5O/c1-16-7-9-19(10-8-16)26-15-20(23-24-26)21(27)22-17-11-13-25(14-12-17)18-5-3-2-4-6-18/h7-10,15,17-18H,2-6,11-14H2,1H3,(H,22,27). The lowest BCUT2D eigenvalue weighted by Gasteiger charge is -2.39. The number of nitrogens with zero attached hydrogens (tertiary/aromatic N) is 4. The molecule has 0 spiro atoms. The zero-order valence-corrected chi connectivity index (χ0v) is 16.1. The number of likely N-dealkylation sites (tertiary alicyclic amines) is 1. The molecule has 0 radical (unpaired) electrons. The molecule has 2 heterocycles. The van der Waals surface area contributed by atoms with Crippen molar-refractivity contribution in [3.8, 4) is 5.69 Å². The largest absolute Gasteiger partial charge is 0.348 e. The van der Waals surface area contributed by atoms with E-state index in [2.05, 4.69) is 20.5 Å². The zero-order chi connectivity index (χ0) is 18.6. The fraction of sp³-hybridized carbons (Fsp3) is 0.571. The molecule has 1 amide bonds. The van der Waals surface area contributed by atoms with E-state index < -0.39 is 0 Å². The van der Waals surface area contributed by atoms with E-state index in [9.17, 15) is 4.79 Å². The second-order valence-electron chi connectivity index (χ2n) is 7.96. The summed E-state index contributed by atoms with van der Waals surface area (Å²) in [6, 6.07) is 9.01. The highest BCUT2D eigenvalue weighted by molar-refractivity contribution is 5.92. The van der Waals surface area contributed by atoms with Gasteiger partial charge in [0.1, 0.15) is 0 Å². The molecule has 2 fully saturated rings. The van der Waals surface area contributed by atoms with Gasteiger partial charge in [0, 0.05) is 25.2 Å². The molecule has 4 rings (SSSR count). The van der Waals surface area contributed by atoms with Crippen molar-refractivity contribution >= 4 is 5.91 Å². The van der Waals surface area contributed by atoms with Gasteiger partial charge in [-0.3, -0.25) is 4.79 Å². The van der Waals surface area contributed by atoms with Gasteiger partial charge in [-0.15, -0.1) is 5.10 Å². The number of rotatable bonds is 4. The van der Waals surface area contributed by atoms with Crippen LogP contribution >= 0.6 is 0 Å². The summed E-state index contributed by atoms with van der Waals surface area (Å²) in [4.78, 5) is 15.2. The highest BCUT2D eigenvalue weighted by Crippen LogP contribution is 2.25. The molecular weight excluding hydrogens is 338 g/mol. The predicted octanol–water partition coefficient (Wildman–Crippen LogP) is 3.10. The van der Waals surface area contributed by atoms with Crippen LogP contribution in [0.2, 0.25) is 0 Å². The Labute approximate surface area is 160 Å². The van der Waals surface area contributed by atoms with Crippen LogP contribution in [-0.2, 0) is 0 Å². The number of aryl methyl sites for hydroxylation is 1. The number of aromatic nitrogens is 3. The number of nitrogens with one attached hydrogen (secondary N) is 1. The second-order valence-corrected chi connectivity index (χ2v) is 7.96. The predicted molar refractivity (Wildman–Crippen MR) is 105 cm³/mol. The average Bonchev–Trinajstić information content (AvgIpc) is 3.20. The number of carbonyl (C=O) groups is 1. The van der Waals surface area contributed by atoms with E-state index in [-0.39, 0.29) is 11.9 Å². The Hall–Kier alpha value is -2.21. The van der Waals surface area contributed by atoms with E-state index in [0.29, 0.717) is 5.69 Å². The first-order valence-electron chi connectivity index (χ1n) is 10.2. The summed E-state index contributed by atoms with van der Waals surface area (Å²) in [7, 11) is 0. The molecule has 6 nitrogen and oxygen atoms in total. The van der Waals surface area contributed by atoms with Crippen LogP contribution < -0.4 is 5.32 Å². The second kappa shape index (κ2) is 8.21. The van der Waals surface area contributed by atoms with E-state index >= 15 is 0 Å². The summed E-state index contributed by atoms with van der Waals surface area (Å²) >= 11 is 0. The van der Waals surface area contributed by atoms with Gasteiger partial charge in [0.2, 0.25) is 0 Å². The lowest BCUT2D eigenvalue weighted by atomic mass is 9.92. The monoisotopic (exact) mass is 367 g/mol. The lowest BCUT2D eigenvalue weighted by Crippen LogP contribution is -2.48. The minimum Gasteiger partial charge on any atom is -0.348 e. The lowest BCUT2D eigenvalue weighted by molar-refractivity contribution is 0.0861. The van der Waals surface area contributed by atoms with Gasteiger partial charge in [-0.1, -0.05) is 42.2 Å². The Balaban J connectivity index is 1.30. The summed E-state index contributed by atoms with van der Waals surface area (Å²) in [5, 5.41) is 11.3. The molecule has 0 unspecified atom stereocenters. The van der Waals surface area contributed by atoms with E-state index in [1.54, 1.807) is 10.9 Å². The van der Waals surface area contributed by atoms with Crippen LogP contribution in [-0.4, -0.2) is 51.0 Å². The third-order valence-electron chi connectivity index (χ3n) is 5.98. The highest BCUT2D eigenvalue weighted by atomic mass is 16.2. The molecule has 6 heteroatoms. The van der Waals surface area contributed by atoms with Crippen molar-refractivity contribution < 1.29 is 4.79 Å². The number of carbonyl (C=O) groups excluding carboxylic acids is 1. The molecule has 1 aliphatic heterocycles. The molecule has 1 N–H and O–H groups in total. The molecular formula is C21H29N5O. The molecule has 1 saturated heterocycles. The van der Waals surface area contributed by atoms with Gasteiger partial charge in [-0.2, -0.15) is 0 Å². The maximum Gasteiger partial charge on any atom is 0.273 e. The maximum atomic E-state index is 12.6. The van der Waals surface area contributed by atoms with Gasteiger partial charge >= 0.3 is 0 Å². The van der Waals surface area contributed by atoms with Crippen LogP contribution in [0, 0.1) is 6.92 Å². The topological polar surface area (TPSA) is 63.1 Å². The normalized spacial score (nSPS) is 19.9. The Bertz CT molecular complexity index is 755. The Morgan fingerprint density at radius 1 is 1.04 bits per heavy atom. The van der Waals surface area contributed by atoms with Crippen molar-refractivity contribution in [3.63, 3.8) is 0 Å². The highest BCUT2D eigenvalue weighted by Gasteiger charge is 2.27. The number of amides is 1. The molecule has 1 aromatic carbocycles. The van der Waals surface area contributed by atoms with Crippen molar-refractivity contribution in [3.05, 3.63) is 41.7 Å². The molecule has 2 aromatic rings. The van der Waals surface area contributed by atoms with Crippen LogP contribution in [0.15, 0.2) is 30.5 Å². The number of piperidine rings is 1. The van der Waals surface area contributed by atoms with Gasteiger partial charge in [-0.25, -0.2) is 4.68 Å². The first-order valence-corrected chi connectivity index (χ1v) is 10.2. The van der Waals surface area contributed by atoms with E-state index in [1.165, 1.54) is 37.7 Å². The van der Waals surface area contributed by atoms with Crippen molar-refractivity contribution in [1.29, 1.82) is 0 Å². The minimum atomic E-state index is -0.121. The molecule has 1 aliphatic carbocycles. The van der Waals surface area contributed by atoms with Crippen molar-refractivity contribution in [2.24, 2.45) is 0 Å². The van der Waals surface area contributed by atoms with Crippen LogP contribution in [0.3, 0.4) is 0 Å². The fourth-order valence-electron chi connectivity index (χ4n) is 4.31. The summed E-state index contributed by atoms with van der Waals surface area (Å²) in [5.74, 6) is -0.121. The molecule has 1 aromatic heterocycles.